The highest BCUT2D eigenvalue weighted by Crippen LogP contribution is 2.03. The van der Waals surface area contributed by atoms with Crippen molar-refractivity contribution >= 4 is 5.82 Å². The van der Waals surface area contributed by atoms with Gasteiger partial charge in [0, 0.05) is 12.3 Å². The Hall–Kier alpha value is -1.91. The molecular formula is C9H10N4O. The minimum absolute atomic E-state index is 0.597. The Bertz CT molecular complexity index is 382. The van der Waals surface area contributed by atoms with Gasteiger partial charge in [-0.1, -0.05) is 5.16 Å². The molecule has 0 spiro atoms. The van der Waals surface area contributed by atoms with E-state index in [4.69, 9.17) is 0 Å². The van der Waals surface area contributed by atoms with Gasteiger partial charge in [0.2, 0.25) is 0 Å². The van der Waals surface area contributed by atoms with E-state index in [9.17, 15) is 0 Å². The predicted molar refractivity (Wildman–Crippen MR) is 50.6 cm³/mol. The van der Waals surface area contributed by atoms with Crippen molar-refractivity contribution in [1.82, 2.24) is 15.1 Å². The largest absolute Gasteiger partial charge is 0.363 e. The molecule has 0 saturated heterocycles. The summed E-state index contributed by atoms with van der Waals surface area (Å²) in [5, 5.41) is 6.77. The first-order chi connectivity index (χ1) is 6.84. The van der Waals surface area contributed by atoms with Gasteiger partial charge in [-0.05, 0) is 6.92 Å². The highest BCUT2D eigenvalue weighted by Gasteiger charge is 1.97. The summed E-state index contributed by atoms with van der Waals surface area (Å²) in [5.41, 5.74) is 1.79. The molecule has 0 atom stereocenters. The topological polar surface area (TPSA) is 63.8 Å². The summed E-state index contributed by atoms with van der Waals surface area (Å²) < 4.78 is 4.67. The molecule has 0 radical (unpaired) electrons. The van der Waals surface area contributed by atoms with E-state index in [1.165, 1.54) is 6.26 Å². The zero-order chi connectivity index (χ0) is 9.80. The van der Waals surface area contributed by atoms with Gasteiger partial charge in [-0.15, -0.1) is 0 Å². The molecule has 2 aromatic rings. The van der Waals surface area contributed by atoms with Gasteiger partial charge < -0.3 is 9.84 Å². The molecule has 5 nitrogen and oxygen atoms in total. The normalized spacial score (nSPS) is 10.1. The zero-order valence-electron chi connectivity index (χ0n) is 7.77. The van der Waals surface area contributed by atoms with Crippen LogP contribution in [0.25, 0.3) is 0 Å². The van der Waals surface area contributed by atoms with E-state index in [0.29, 0.717) is 12.4 Å². The second kappa shape index (κ2) is 3.87. The average molecular weight is 190 g/mol. The molecule has 2 heterocycles. The van der Waals surface area contributed by atoms with Crippen LogP contribution in [-0.2, 0) is 6.54 Å². The zero-order valence-corrected chi connectivity index (χ0v) is 7.77. The first-order valence-electron chi connectivity index (χ1n) is 4.26. The summed E-state index contributed by atoms with van der Waals surface area (Å²) in [6, 6.07) is 1.75. The van der Waals surface area contributed by atoms with Crippen LogP contribution in [0.1, 0.15) is 11.4 Å². The molecule has 0 aromatic carbocycles. The standard InChI is InChI=1S/C9H10N4O/c1-7-4-11-8(5-10-7)6-12-9-2-3-14-13-9/h2-5H,6H2,1H3,(H,12,13). The van der Waals surface area contributed by atoms with E-state index in [2.05, 4.69) is 25.0 Å². The average Bonchev–Trinajstić information content (AvgIpc) is 2.70. The van der Waals surface area contributed by atoms with Crippen LogP contribution in [0.4, 0.5) is 5.82 Å². The molecule has 1 N–H and O–H groups in total. The minimum Gasteiger partial charge on any atom is -0.363 e. The van der Waals surface area contributed by atoms with Crippen LogP contribution in [0, 0.1) is 6.92 Å². The molecule has 0 aliphatic carbocycles. The minimum atomic E-state index is 0.597. The SMILES string of the molecule is Cc1cnc(CNc2ccon2)cn1. The van der Waals surface area contributed by atoms with Crippen molar-refractivity contribution in [3.05, 3.63) is 36.1 Å². The fourth-order valence-electron chi connectivity index (χ4n) is 0.995. The molecule has 14 heavy (non-hydrogen) atoms. The Morgan fingerprint density at radius 2 is 2.29 bits per heavy atom. The van der Waals surface area contributed by atoms with Crippen molar-refractivity contribution in [1.29, 1.82) is 0 Å². The van der Waals surface area contributed by atoms with Gasteiger partial charge in [-0.25, -0.2) is 0 Å². The quantitative estimate of drug-likeness (QED) is 0.792. The van der Waals surface area contributed by atoms with Crippen LogP contribution in [0.2, 0.25) is 0 Å². The lowest BCUT2D eigenvalue weighted by Crippen LogP contribution is -2.02. The third kappa shape index (κ3) is 2.07. The van der Waals surface area contributed by atoms with E-state index < -0.39 is 0 Å². The summed E-state index contributed by atoms with van der Waals surface area (Å²) in [6.45, 7) is 2.50. The van der Waals surface area contributed by atoms with Crippen LogP contribution < -0.4 is 5.32 Å². The fraction of sp³-hybridized carbons (Fsp3) is 0.222. The summed E-state index contributed by atoms with van der Waals surface area (Å²) in [7, 11) is 0. The fourth-order valence-corrected chi connectivity index (χ4v) is 0.995. The maximum atomic E-state index is 4.67. The summed E-state index contributed by atoms with van der Waals surface area (Å²) in [6.07, 6.45) is 4.99. The van der Waals surface area contributed by atoms with E-state index in [1.54, 1.807) is 18.5 Å². The first kappa shape index (κ1) is 8.68. The molecule has 0 fully saturated rings. The highest BCUT2D eigenvalue weighted by atomic mass is 16.5. The second-order valence-electron chi connectivity index (χ2n) is 2.89. The summed E-state index contributed by atoms with van der Waals surface area (Å²) in [5.74, 6) is 0.701. The van der Waals surface area contributed by atoms with Crippen molar-refractivity contribution in [2.24, 2.45) is 0 Å². The van der Waals surface area contributed by atoms with E-state index in [-0.39, 0.29) is 0 Å². The molecular weight excluding hydrogens is 180 g/mol. The number of hydrogen-bond acceptors (Lipinski definition) is 5. The number of nitrogens with zero attached hydrogens (tertiary/aromatic N) is 3. The van der Waals surface area contributed by atoms with E-state index in [0.717, 1.165) is 11.4 Å². The number of aromatic nitrogens is 3. The van der Waals surface area contributed by atoms with E-state index in [1.807, 2.05) is 6.92 Å². The van der Waals surface area contributed by atoms with Crippen molar-refractivity contribution in [2.75, 3.05) is 5.32 Å². The Morgan fingerprint density at radius 3 is 2.93 bits per heavy atom. The Balaban J connectivity index is 1.95. The molecule has 0 bridgehead atoms. The van der Waals surface area contributed by atoms with Crippen LogP contribution in [0.5, 0.6) is 0 Å². The Kier molecular flexibility index (Phi) is 2.40. The number of rotatable bonds is 3. The van der Waals surface area contributed by atoms with Crippen molar-refractivity contribution in [3.63, 3.8) is 0 Å². The lowest BCUT2D eigenvalue weighted by molar-refractivity contribution is 0.422. The van der Waals surface area contributed by atoms with Gasteiger partial charge in [0.05, 0.1) is 24.1 Å². The Labute approximate surface area is 81.2 Å². The molecule has 0 aliphatic heterocycles. The van der Waals surface area contributed by atoms with Crippen molar-refractivity contribution < 1.29 is 4.52 Å². The first-order valence-corrected chi connectivity index (χ1v) is 4.26. The number of aryl methyl sites for hydroxylation is 1. The summed E-state index contributed by atoms with van der Waals surface area (Å²) >= 11 is 0. The maximum absolute atomic E-state index is 4.67. The molecule has 0 aliphatic rings. The van der Waals surface area contributed by atoms with Crippen LogP contribution >= 0.6 is 0 Å². The maximum Gasteiger partial charge on any atom is 0.169 e. The van der Waals surface area contributed by atoms with Crippen molar-refractivity contribution in [3.8, 4) is 0 Å². The second-order valence-corrected chi connectivity index (χ2v) is 2.89. The number of nitrogens with one attached hydrogen (secondary N) is 1. The summed E-state index contributed by atoms with van der Waals surface area (Å²) in [4.78, 5) is 8.33. The lowest BCUT2D eigenvalue weighted by Gasteiger charge is -2.00. The van der Waals surface area contributed by atoms with Gasteiger partial charge in [0.25, 0.3) is 0 Å². The third-order valence-electron chi connectivity index (χ3n) is 1.72. The molecule has 72 valence electrons. The molecule has 0 saturated carbocycles. The Morgan fingerprint density at radius 1 is 1.36 bits per heavy atom. The smallest absolute Gasteiger partial charge is 0.169 e. The van der Waals surface area contributed by atoms with E-state index >= 15 is 0 Å². The number of hydrogen-bond donors (Lipinski definition) is 1. The molecule has 0 unspecified atom stereocenters. The van der Waals surface area contributed by atoms with Crippen LogP contribution in [-0.4, -0.2) is 15.1 Å². The highest BCUT2D eigenvalue weighted by molar-refractivity contribution is 5.30. The van der Waals surface area contributed by atoms with Gasteiger partial charge in [0.1, 0.15) is 6.26 Å². The van der Waals surface area contributed by atoms with Gasteiger partial charge in [-0.3, -0.25) is 9.97 Å². The molecule has 2 rings (SSSR count). The third-order valence-corrected chi connectivity index (χ3v) is 1.72. The van der Waals surface area contributed by atoms with Crippen molar-refractivity contribution in [2.45, 2.75) is 13.5 Å². The monoisotopic (exact) mass is 190 g/mol. The molecule has 0 amide bonds. The van der Waals surface area contributed by atoms with Crippen LogP contribution in [0.3, 0.4) is 0 Å². The lowest BCUT2D eigenvalue weighted by atomic mass is 10.4. The van der Waals surface area contributed by atoms with Gasteiger partial charge >= 0.3 is 0 Å². The molecule has 2 aromatic heterocycles. The predicted octanol–water partition coefficient (Wildman–Crippen LogP) is 1.39. The number of anilines is 1. The molecule has 5 heteroatoms. The van der Waals surface area contributed by atoms with Crippen LogP contribution in [0.15, 0.2) is 29.2 Å². The van der Waals surface area contributed by atoms with Gasteiger partial charge in [-0.2, -0.15) is 0 Å². The van der Waals surface area contributed by atoms with Gasteiger partial charge in [0.15, 0.2) is 5.82 Å².